The molecule has 0 fully saturated rings. The first kappa shape index (κ1) is 51.0. The van der Waals surface area contributed by atoms with Crippen molar-refractivity contribution in [2.24, 2.45) is 0 Å². The van der Waals surface area contributed by atoms with Gasteiger partial charge in [0.25, 0.3) is 5.17 Å². The SMILES string of the molecule is CCCCCCCC/C=C\CCCCCCCCOCC(COCCCCCCCC/C=C\CCCCCCCC)OC(=S)NCCN(CC)CC. The van der Waals surface area contributed by atoms with Gasteiger partial charge in [0, 0.05) is 26.3 Å². The Balaban J connectivity index is 4.01. The van der Waals surface area contributed by atoms with Gasteiger partial charge in [-0.25, -0.2) is 0 Å². The molecule has 0 saturated carbocycles. The number of likely N-dealkylation sites (N-methyl/N-ethyl adjacent to an activating group) is 1. The van der Waals surface area contributed by atoms with Crippen LogP contribution >= 0.6 is 12.2 Å². The highest BCUT2D eigenvalue weighted by Gasteiger charge is 2.13. The molecule has 0 unspecified atom stereocenters. The fraction of sp³-hybridized carbons (Fsp3) is 0.891. The van der Waals surface area contributed by atoms with Crippen LogP contribution in [0.1, 0.15) is 207 Å². The molecule has 0 aliphatic carbocycles. The van der Waals surface area contributed by atoms with E-state index >= 15 is 0 Å². The molecule has 0 aromatic carbocycles. The number of hydrogen-bond donors (Lipinski definition) is 1. The molecule has 0 radical (unpaired) electrons. The van der Waals surface area contributed by atoms with Crippen molar-refractivity contribution in [2.75, 3.05) is 52.6 Å². The van der Waals surface area contributed by atoms with Crippen molar-refractivity contribution < 1.29 is 14.2 Å². The van der Waals surface area contributed by atoms with Gasteiger partial charge in [0.05, 0.1) is 13.2 Å². The predicted octanol–water partition coefficient (Wildman–Crippen LogP) is 13.7. The van der Waals surface area contributed by atoms with Crippen molar-refractivity contribution >= 4 is 17.4 Å². The largest absolute Gasteiger partial charge is 0.463 e. The zero-order valence-electron chi connectivity index (χ0n) is 35.4. The summed E-state index contributed by atoms with van der Waals surface area (Å²) in [4.78, 5) is 2.38. The second kappa shape index (κ2) is 44.4. The third-order valence-corrected chi connectivity index (χ3v) is 10.3. The van der Waals surface area contributed by atoms with E-state index in [0.717, 1.165) is 52.2 Å². The number of thiocarbonyl (C=S) groups is 1. The Morgan fingerprint density at radius 3 is 1.21 bits per heavy atom. The highest BCUT2D eigenvalue weighted by atomic mass is 32.1. The Morgan fingerprint density at radius 2 is 0.846 bits per heavy atom. The molecule has 0 aromatic heterocycles. The predicted molar refractivity (Wildman–Crippen MR) is 234 cm³/mol. The number of rotatable bonds is 42. The summed E-state index contributed by atoms with van der Waals surface area (Å²) in [6.07, 6.45) is 46.4. The molecule has 0 aliphatic rings. The van der Waals surface area contributed by atoms with Gasteiger partial charge in [0.2, 0.25) is 0 Å². The molecular weight excluding hydrogens is 661 g/mol. The summed E-state index contributed by atoms with van der Waals surface area (Å²) >= 11 is 5.53. The number of nitrogens with one attached hydrogen (secondary N) is 1. The van der Waals surface area contributed by atoms with Crippen LogP contribution in [-0.2, 0) is 14.2 Å². The molecule has 6 heteroatoms. The Bertz CT molecular complexity index is 712. The molecule has 308 valence electrons. The van der Waals surface area contributed by atoms with Crippen LogP contribution in [0.25, 0.3) is 0 Å². The van der Waals surface area contributed by atoms with Crippen molar-refractivity contribution in [3.05, 3.63) is 24.3 Å². The zero-order chi connectivity index (χ0) is 37.8. The van der Waals surface area contributed by atoms with E-state index in [1.807, 2.05) is 0 Å². The minimum Gasteiger partial charge on any atom is -0.463 e. The lowest BCUT2D eigenvalue weighted by Gasteiger charge is -2.22. The van der Waals surface area contributed by atoms with Crippen LogP contribution in [0.4, 0.5) is 0 Å². The maximum absolute atomic E-state index is 6.11. The molecule has 0 amide bonds. The molecule has 52 heavy (non-hydrogen) atoms. The maximum atomic E-state index is 6.11. The maximum Gasteiger partial charge on any atom is 0.257 e. The number of hydrogen-bond acceptors (Lipinski definition) is 5. The van der Waals surface area contributed by atoms with Crippen LogP contribution in [-0.4, -0.2) is 68.8 Å². The van der Waals surface area contributed by atoms with Gasteiger partial charge in [0.15, 0.2) is 0 Å². The van der Waals surface area contributed by atoms with E-state index in [4.69, 9.17) is 26.4 Å². The standard InChI is InChI=1S/C46H90N2O3S/c1-5-9-11-13-15-17-19-21-23-25-27-29-31-33-35-37-41-49-43-45(51-46(52)47-39-40-48(7-3)8-4)44-50-42-38-36-34-32-30-28-26-24-22-20-18-16-14-12-10-6-2/h21-24,45H,5-20,25-44H2,1-4H3,(H,47,52)/b23-21-,24-22-. The van der Waals surface area contributed by atoms with Crippen molar-refractivity contribution in [2.45, 2.75) is 214 Å². The van der Waals surface area contributed by atoms with E-state index in [9.17, 15) is 0 Å². The van der Waals surface area contributed by atoms with Crippen LogP contribution < -0.4 is 5.32 Å². The van der Waals surface area contributed by atoms with Crippen LogP contribution in [0.5, 0.6) is 0 Å². The second-order valence-electron chi connectivity index (χ2n) is 15.0. The third kappa shape index (κ3) is 40.2. The average Bonchev–Trinajstić information content (AvgIpc) is 3.15. The first-order chi connectivity index (χ1) is 25.7. The van der Waals surface area contributed by atoms with E-state index in [2.05, 4.69) is 62.2 Å². The van der Waals surface area contributed by atoms with E-state index in [0.29, 0.717) is 18.4 Å². The lowest BCUT2D eigenvalue weighted by Crippen LogP contribution is -2.38. The first-order valence-corrected chi connectivity index (χ1v) is 23.2. The molecular formula is C46H90N2O3S. The molecule has 0 saturated heterocycles. The lowest BCUT2D eigenvalue weighted by molar-refractivity contribution is -0.0138. The van der Waals surface area contributed by atoms with E-state index in [1.54, 1.807) is 0 Å². The van der Waals surface area contributed by atoms with Crippen molar-refractivity contribution in [1.29, 1.82) is 0 Å². The first-order valence-electron chi connectivity index (χ1n) is 22.8. The van der Waals surface area contributed by atoms with E-state index < -0.39 is 0 Å². The molecule has 0 bridgehead atoms. The summed E-state index contributed by atoms with van der Waals surface area (Å²) in [6.45, 7) is 15.4. The van der Waals surface area contributed by atoms with Crippen LogP contribution in [0.2, 0.25) is 0 Å². The number of nitrogens with zero attached hydrogens (tertiary/aromatic N) is 1. The fourth-order valence-electron chi connectivity index (χ4n) is 6.50. The molecule has 0 rings (SSSR count). The van der Waals surface area contributed by atoms with Gasteiger partial charge in [-0.1, -0.05) is 168 Å². The van der Waals surface area contributed by atoms with Crippen molar-refractivity contribution in [3.8, 4) is 0 Å². The Labute approximate surface area is 331 Å². The minimum absolute atomic E-state index is 0.170. The van der Waals surface area contributed by atoms with Gasteiger partial charge >= 0.3 is 0 Å². The number of unbranched alkanes of at least 4 members (excludes halogenated alkanes) is 24. The summed E-state index contributed by atoms with van der Waals surface area (Å²) in [5.41, 5.74) is 0. The molecule has 0 spiro atoms. The van der Waals surface area contributed by atoms with Gasteiger partial charge in [-0.05, 0) is 89.5 Å². The highest BCUT2D eigenvalue weighted by Crippen LogP contribution is 2.12. The van der Waals surface area contributed by atoms with Gasteiger partial charge in [-0.3, -0.25) is 0 Å². The Kier molecular flexibility index (Phi) is 43.6. The molecule has 0 aliphatic heterocycles. The normalized spacial score (nSPS) is 12.0. The van der Waals surface area contributed by atoms with E-state index in [1.165, 1.54) is 167 Å². The third-order valence-electron chi connectivity index (χ3n) is 10.1. The van der Waals surface area contributed by atoms with Crippen LogP contribution in [0.15, 0.2) is 24.3 Å². The van der Waals surface area contributed by atoms with Crippen LogP contribution in [0.3, 0.4) is 0 Å². The monoisotopic (exact) mass is 751 g/mol. The average molecular weight is 751 g/mol. The molecule has 0 atom stereocenters. The quantitative estimate of drug-likeness (QED) is 0.0381. The topological polar surface area (TPSA) is 43.0 Å². The summed E-state index contributed by atoms with van der Waals surface area (Å²) in [7, 11) is 0. The molecule has 0 heterocycles. The van der Waals surface area contributed by atoms with Gasteiger partial charge < -0.3 is 24.4 Å². The fourth-order valence-corrected chi connectivity index (χ4v) is 6.74. The zero-order valence-corrected chi connectivity index (χ0v) is 36.2. The Morgan fingerprint density at radius 1 is 0.500 bits per heavy atom. The van der Waals surface area contributed by atoms with Gasteiger partial charge in [-0.2, -0.15) is 0 Å². The molecule has 0 aromatic rings. The number of allylic oxidation sites excluding steroid dienone is 4. The van der Waals surface area contributed by atoms with Crippen molar-refractivity contribution in [3.63, 3.8) is 0 Å². The van der Waals surface area contributed by atoms with Gasteiger partial charge in [0.1, 0.15) is 6.10 Å². The lowest BCUT2D eigenvalue weighted by atomic mass is 10.1. The highest BCUT2D eigenvalue weighted by molar-refractivity contribution is 7.80. The van der Waals surface area contributed by atoms with Gasteiger partial charge in [-0.15, -0.1) is 0 Å². The summed E-state index contributed by atoms with van der Waals surface area (Å²) in [6, 6.07) is 0. The van der Waals surface area contributed by atoms with Crippen LogP contribution in [0, 0.1) is 0 Å². The summed E-state index contributed by atoms with van der Waals surface area (Å²) < 4.78 is 18.2. The van der Waals surface area contributed by atoms with Crippen molar-refractivity contribution in [1.82, 2.24) is 10.2 Å². The smallest absolute Gasteiger partial charge is 0.257 e. The van der Waals surface area contributed by atoms with E-state index in [-0.39, 0.29) is 6.10 Å². The molecule has 1 N–H and O–H groups in total. The second-order valence-corrected chi connectivity index (χ2v) is 15.4. The minimum atomic E-state index is -0.170. The Hall–Kier alpha value is -0.950. The number of ether oxygens (including phenoxy) is 3. The summed E-state index contributed by atoms with van der Waals surface area (Å²) in [5.74, 6) is 0. The molecule has 5 nitrogen and oxygen atoms in total. The summed E-state index contributed by atoms with van der Waals surface area (Å²) in [5, 5.41) is 3.74.